The molecule has 0 aromatic carbocycles. The fourth-order valence-electron chi connectivity index (χ4n) is 3.60. The van der Waals surface area contributed by atoms with E-state index in [0.29, 0.717) is 6.17 Å². The first kappa shape index (κ1) is 20.4. The lowest BCUT2D eigenvalue weighted by Crippen LogP contribution is -2.39. The Morgan fingerprint density at radius 3 is 1.70 bits per heavy atom. The summed E-state index contributed by atoms with van der Waals surface area (Å²) < 4.78 is 0. The van der Waals surface area contributed by atoms with E-state index in [9.17, 15) is 0 Å². The first-order valence-corrected chi connectivity index (χ1v) is 10.5. The van der Waals surface area contributed by atoms with E-state index in [-0.39, 0.29) is 0 Å². The maximum atomic E-state index is 2.61. The summed E-state index contributed by atoms with van der Waals surface area (Å²) in [7, 11) is 0. The highest BCUT2D eigenvalue weighted by Gasteiger charge is 2.24. The van der Waals surface area contributed by atoms with Gasteiger partial charge in [0.25, 0.3) is 0 Å². The van der Waals surface area contributed by atoms with Crippen LogP contribution in [0, 0.1) is 0 Å². The van der Waals surface area contributed by atoms with E-state index in [1.54, 1.807) is 0 Å². The van der Waals surface area contributed by atoms with E-state index < -0.39 is 0 Å². The van der Waals surface area contributed by atoms with Gasteiger partial charge in [0.2, 0.25) is 0 Å². The number of nitrogens with zero attached hydrogens (tertiary/aromatic N) is 2. The Kier molecular flexibility index (Phi) is 12.2. The summed E-state index contributed by atoms with van der Waals surface area (Å²) in [6.07, 6.45) is 23.3. The van der Waals surface area contributed by atoms with Crippen LogP contribution in [0.2, 0.25) is 0 Å². The lowest BCUT2D eigenvalue weighted by Gasteiger charge is -2.33. The van der Waals surface area contributed by atoms with Crippen molar-refractivity contribution in [3.8, 4) is 0 Å². The van der Waals surface area contributed by atoms with Crippen LogP contribution in [0.5, 0.6) is 0 Å². The zero-order valence-corrected chi connectivity index (χ0v) is 16.2. The average Bonchev–Trinajstić information content (AvgIpc) is 2.93. The lowest BCUT2D eigenvalue weighted by molar-refractivity contribution is 0.137. The van der Waals surface area contributed by atoms with Crippen LogP contribution in [-0.2, 0) is 0 Å². The van der Waals surface area contributed by atoms with Gasteiger partial charge in [0.05, 0.1) is 0 Å². The second-order valence-electron chi connectivity index (χ2n) is 7.23. The fourth-order valence-corrected chi connectivity index (χ4v) is 3.60. The highest BCUT2D eigenvalue weighted by Crippen LogP contribution is 2.23. The molecule has 0 radical (unpaired) electrons. The third-order valence-corrected chi connectivity index (χ3v) is 5.03. The highest BCUT2D eigenvalue weighted by molar-refractivity contribution is 4.96. The van der Waals surface area contributed by atoms with E-state index in [1.165, 1.54) is 96.6 Å². The molecule has 0 aliphatic carbocycles. The largest absolute Gasteiger partial charge is 0.356 e. The third kappa shape index (κ3) is 8.67. The second-order valence-corrected chi connectivity index (χ2v) is 7.23. The standard InChI is InChI=1S/C21H42N2/c1-4-7-9-11-12-13-14-16-21-22(17-6-3)19-20-23(21)18-15-10-8-5-2/h19-21H,4-18H2,1-3H3. The minimum atomic E-state index is 0.646. The van der Waals surface area contributed by atoms with Crippen molar-refractivity contribution in [2.75, 3.05) is 13.1 Å². The molecule has 2 nitrogen and oxygen atoms in total. The van der Waals surface area contributed by atoms with Gasteiger partial charge in [-0.15, -0.1) is 0 Å². The average molecular weight is 323 g/mol. The Morgan fingerprint density at radius 2 is 1.09 bits per heavy atom. The van der Waals surface area contributed by atoms with Crippen LogP contribution in [0.4, 0.5) is 0 Å². The molecular weight excluding hydrogens is 280 g/mol. The summed E-state index contributed by atoms with van der Waals surface area (Å²) >= 11 is 0. The summed E-state index contributed by atoms with van der Waals surface area (Å²) in [5.74, 6) is 0. The smallest absolute Gasteiger partial charge is 0.101 e. The molecule has 1 heterocycles. The predicted octanol–water partition coefficient (Wildman–Crippen LogP) is 6.53. The van der Waals surface area contributed by atoms with Gasteiger partial charge in [-0.3, -0.25) is 0 Å². The quantitative estimate of drug-likeness (QED) is 0.316. The Balaban J connectivity index is 2.24. The van der Waals surface area contributed by atoms with Gasteiger partial charge in [-0.1, -0.05) is 78.6 Å². The van der Waals surface area contributed by atoms with E-state index in [2.05, 4.69) is 43.0 Å². The van der Waals surface area contributed by atoms with Crippen molar-refractivity contribution in [3.05, 3.63) is 12.4 Å². The Morgan fingerprint density at radius 1 is 0.565 bits per heavy atom. The molecule has 0 aromatic heterocycles. The van der Waals surface area contributed by atoms with Crippen molar-refractivity contribution in [2.24, 2.45) is 0 Å². The number of hydrogen-bond acceptors (Lipinski definition) is 2. The number of rotatable bonds is 15. The molecule has 2 heteroatoms. The molecule has 1 rings (SSSR count). The zero-order valence-electron chi connectivity index (χ0n) is 16.2. The molecule has 1 aliphatic rings. The van der Waals surface area contributed by atoms with E-state index in [0.717, 1.165) is 0 Å². The summed E-state index contributed by atoms with van der Waals surface area (Å²) in [5, 5.41) is 0. The SMILES string of the molecule is CCCCCCCCCC1N(CCC)C=CN1CCCCCC. The maximum absolute atomic E-state index is 2.61. The molecule has 1 unspecified atom stereocenters. The van der Waals surface area contributed by atoms with Crippen LogP contribution < -0.4 is 0 Å². The molecule has 0 spiro atoms. The molecule has 23 heavy (non-hydrogen) atoms. The number of unbranched alkanes of at least 4 members (excludes halogenated alkanes) is 9. The Labute approximate surface area is 146 Å². The van der Waals surface area contributed by atoms with Gasteiger partial charge >= 0.3 is 0 Å². The van der Waals surface area contributed by atoms with Crippen LogP contribution in [0.1, 0.15) is 104 Å². The molecule has 0 saturated carbocycles. The van der Waals surface area contributed by atoms with Crippen molar-refractivity contribution >= 4 is 0 Å². The summed E-state index contributed by atoms with van der Waals surface area (Å²) in [5.41, 5.74) is 0. The molecule has 0 bridgehead atoms. The van der Waals surface area contributed by atoms with Gasteiger partial charge in [0, 0.05) is 25.5 Å². The molecule has 0 aromatic rings. The van der Waals surface area contributed by atoms with Gasteiger partial charge in [-0.25, -0.2) is 0 Å². The molecule has 0 fully saturated rings. The van der Waals surface area contributed by atoms with Gasteiger partial charge in [0.1, 0.15) is 6.17 Å². The van der Waals surface area contributed by atoms with Gasteiger partial charge < -0.3 is 9.80 Å². The van der Waals surface area contributed by atoms with Crippen LogP contribution in [0.15, 0.2) is 12.4 Å². The van der Waals surface area contributed by atoms with Gasteiger partial charge in [0.15, 0.2) is 0 Å². The molecule has 0 amide bonds. The van der Waals surface area contributed by atoms with E-state index >= 15 is 0 Å². The Bertz CT molecular complexity index is 288. The first-order valence-electron chi connectivity index (χ1n) is 10.5. The third-order valence-electron chi connectivity index (χ3n) is 5.03. The van der Waals surface area contributed by atoms with Crippen LogP contribution in [0.25, 0.3) is 0 Å². The molecule has 1 aliphatic heterocycles. The van der Waals surface area contributed by atoms with Crippen LogP contribution in [-0.4, -0.2) is 29.1 Å². The minimum absolute atomic E-state index is 0.646. The molecule has 0 N–H and O–H groups in total. The molecule has 0 saturated heterocycles. The van der Waals surface area contributed by atoms with Gasteiger partial charge in [-0.2, -0.15) is 0 Å². The van der Waals surface area contributed by atoms with Gasteiger partial charge in [-0.05, 0) is 25.7 Å². The normalized spacial score (nSPS) is 17.4. The van der Waals surface area contributed by atoms with Crippen molar-refractivity contribution in [3.63, 3.8) is 0 Å². The van der Waals surface area contributed by atoms with E-state index in [4.69, 9.17) is 0 Å². The van der Waals surface area contributed by atoms with Crippen molar-refractivity contribution < 1.29 is 0 Å². The summed E-state index contributed by atoms with van der Waals surface area (Å²) in [6, 6.07) is 0. The topological polar surface area (TPSA) is 6.48 Å². The minimum Gasteiger partial charge on any atom is -0.356 e. The van der Waals surface area contributed by atoms with Crippen molar-refractivity contribution in [1.82, 2.24) is 9.80 Å². The zero-order chi connectivity index (χ0) is 16.8. The predicted molar refractivity (Wildman–Crippen MR) is 103 cm³/mol. The first-order chi connectivity index (χ1) is 11.3. The van der Waals surface area contributed by atoms with Crippen molar-refractivity contribution in [2.45, 2.75) is 110 Å². The summed E-state index contributed by atoms with van der Waals surface area (Å²) in [4.78, 5) is 5.19. The maximum Gasteiger partial charge on any atom is 0.101 e. The second kappa shape index (κ2) is 13.7. The fraction of sp³-hybridized carbons (Fsp3) is 0.905. The Hall–Kier alpha value is -0.660. The monoisotopic (exact) mass is 322 g/mol. The molecular formula is C21H42N2. The molecule has 136 valence electrons. The summed E-state index contributed by atoms with van der Waals surface area (Å²) in [6.45, 7) is 9.34. The van der Waals surface area contributed by atoms with Crippen LogP contribution >= 0.6 is 0 Å². The van der Waals surface area contributed by atoms with Crippen molar-refractivity contribution in [1.29, 1.82) is 0 Å². The molecule has 1 atom stereocenters. The van der Waals surface area contributed by atoms with E-state index in [1.807, 2.05) is 0 Å². The number of hydrogen-bond donors (Lipinski definition) is 0. The van der Waals surface area contributed by atoms with Crippen LogP contribution in [0.3, 0.4) is 0 Å². The highest BCUT2D eigenvalue weighted by atomic mass is 15.4. The lowest BCUT2D eigenvalue weighted by atomic mass is 10.1.